The summed E-state index contributed by atoms with van der Waals surface area (Å²) < 4.78 is 9.06. The van der Waals surface area contributed by atoms with Gasteiger partial charge in [-0.25, -0.2) is 4.98 Å². The molecule has 0 amide bonds. The lowest BCUT2D eigenvalue weighted by Crippen LogP contribution is -2.30. The maximum absolute atomic E-state index is 6.79. The third-order valence-electron chi connectivity index (χ3n) is 13.2. The summed E-state index contributed by atoms with van der Waals surface area (Å²) in [6.07, 6.45) is 5.86. The predicted octanol–water partition coefficient (Wildman–Crippen LogP) is 16.1. The highest BCUT2D eigenvalue weighted by Crippen LogP contribution is 2.51. The summed E-state index contributed by atoms with van der Waals surface area (Å²) in [6, 6.07) is 39.7. The fraction of sp³-hybridized carbons (Fsp3) is 0.322. The number of fused-ring (bicyclic) bond motifs is 4. The van der Waals surface area contributed by atoms with E-state index in [-0.39, 0.29) is 21.7 Å². The minimum absolute atomic E-state index is 0.00863. The highest BCUT2D eigenvalue weighted by Gasteiger charge is 2.36. The van der Waals surface area contributed by atoms with Gasteiger partial charge in [-0.15, -0.1) is 0 Å². The number of ether oxygens (including phenoxy) is 1. The van der Waals surface area contributed by atoms with Crippen molar-refractivity contribution in [2.24, 2.45) is 0 Å². The van der Waals surface area contributed by atoms with E-state index >= 15 is 0 Å². The molecule has 0 aliphatic carbocycles. The molecule has 332 valence electrons. The van der Waals surface area contributed by atoms with Crippen LogP contribution in [0, 0.1) is 13.8 Å². The van der Waals surface area contributed by atoms with E-state index in [0.29, 0.717) is 6.67 Å². The SMILES string of the molecule is Cc1cc(C(C)(C)C)cc(C)c1-c1cc(C(C)(C)C)c(N2CN(c3cccc(Oc4ccc5c6ccccc6n(-c6cc(C(C)(C)C)ccn6)c5c4)c3)c3ccncc32)c(C(C)(C)C)c1. The number of aryl methyl sites for hydroxylation is 2. The zero-order valence-electron chi connectivity index (χ0n) is 41.0. The molecule has 6 heteroatoms. The van der Waals surface area contributed by atoms with Crippen LogP contribution in [0.1, 0.15) is 116 Å². The average Bonchev–Trinajstić information content (AvgIpc) is 3.78. The summed E-state index contributed by atoms with van der Waals surface area (Å²) in [5, 5.41) is 2.35. The monoisotopic (exact) mass is 860 g/mol. The first-order valence-electron chi connectivity index (χ1n) is 23.2. The summed E-state index contributed by atoms with van der Waals surface area (Å²) in [4.78, 5) is 14.5. The largest absolute Gasteiger partial charge is 0.457 e. The molecular formula is C59H65N5O. The summed E-state index contributed by atoms with van der Waals surface area (Å²) in [5.74, 6) is 2.43. The van der Waals surface area contributed by atoms with Crippen LogP contribution in [0.2, 0.25) is 0 Å². The molecule has 0 fully saturated rings. The van der Waals surface area contributed by atoms with E-state index in [1.165, 1.54) is 55.6 Å². The van der Waals surface area contributed by atoms with Gasteiger partial charge in [-0.05, 0) is 141 Å². The molecule has 0 bridgehead atoms. The normalized spacial score (nSPS) is 13.6. The molecule has 0 saturated heterocycles. The van der Waals surface area contributed by atoms with E-state index in [2.05, 4.69) is 214 Å². The molecular weight excluding hydrogens is 795 g/mol. The number of hydrogen-bond acceptors (Lipinski definition) is 5. The molecule has 4 heterocycles. The number of anilines is 4. The summed E-state index contributed by atoms with van der Waals surface area (Å²) in [7, 11) is 0. The number of nitrogens with zero attached hydrogens (tertiary/aromatic N) is 5. The van der Waals surface area contributed by atoms with E-state index in [1.54, 1.807) is 0 Å². The van der Waals surface area contributed by atoms with E-state index < -0.39 is 0 Å². The molecule has 0 unspecified atom stereocenters. The first-order valence-corrected chi connectivity index (χ1v) is 23.2. The second-order valence-electron chi connectivity index (χ2n) is 22.3. The smallest absolute Gasteiger partial charge is 0.137 e. The van der Waals surface area contributed by atoms with Crippen LogP contribution in [0.3, 0.4) is 0 Å². The number of para-hydroxylation sites is 1. The lowest BCUT2D eigenvalue weighted by Gasteiger charge is -2.36. The first-order chi connectivity index (χ1) is 30.6. The number of pyridine rings is 2. The molecule has 1 aliphatic heterocycles. The quantitative estimate of drug-likeness (QED) is 0.167. The van der Waals surface area contributed by atoms with Crippen LogP contribution >= 0.6 is 0 Å². The fourth-order valence-corrected chi connectivity index (χ4v) is 9.70. The van der Waals surface area contributed by atoms with Gasteiger partial charge >= 0.3 is 0 Å². The Balaban J connectivity index is 1.11. The molecule has 5 aromatic carbocycles. The van der Waals surface area contributed by atoms with Crippen molar-refractivity contribution in [3.05, 3.63) is 161 Å². The maximum atomic E-state index is 6.79. The van der Waals surface area contributed by atoms with Gasteiger partial charge in [0, 0.05) is 41.0 Å². The Kier molecular flexibility index (Phi) is 10.6. The highest BCUT2D eigenvalue weighted by atomic mass is 16.5. The van der Waals surface area contributed by atoms with E-state index in [4.69, 9.17) is 14.7 Å². The Labute approximate surface area is 386 Å². The minimum Gasteiger partial charge on any atom is -0.457 e. The third kappa shape index (κ3) is 8.06. The molecule has 0 N–H and O–H groups in total. The van der Waals surface area contributed by atoms with Crippen LogP contribution in [0.4, 0.5) is 22.7 Å². The molecule has 1 aliphatic rings. The molecule has 0 atom stereocenters. The van der Waals surface area contributed by atoms with Gasteiger partial charge in [0.25, 0.3) is 0 Å². The van der Waals surface area contributed by atoms with Crippen molar-refractivity contribution in [3.8, 4) is 28.4 Å². The first kappa shape index (κ1) is 43.8. The van der Waals surface area contributed by atoms with E-state index in [1.807, 2.05) is 24.7 Å². The highest BCUT2D eigenvalue weighted by molar-refractivity contribution is 6.09. The third-order valence-corrected chi connectivity index (χ3v) is 13.2. The Hall–Kier alpha value is -6.40. The van der Waals surface area contributed by atoms with Crippen LogP contribution in [0.5, 0.6) is 11.5 Å². The molecule has 0 radical (unpaired) electrons. The molecule has 0 saturated carbocycles. The second-order valence-corrected chi connectivity index (χ2v) is 22.3. The molecule has 8 aromatic rings. The Morgan fingerprint density at radius 3 is 1.83 bits per heavy atom. The van der Waals surface area contributed by atoms with E-state index in [0.717, 1.165) is 50.8 Å². The van der Waals surface area contributed by atoms with Gasteiger partial charge in [-0.2, -0.15) is 0 Å². The molecule has 65 heavy (non-hydrogen) atoms. The van der Waals surface area contributed by atoms with Crippen molar-refractivity contribution in [3.63, 3.8) is 0 Å². The van der Waals surface area contributed by atoms with Crippen LogP contribution in [-0.4, -0.2) is 21.2 Å². The minimum atomic E-state index is -0.152. The summed E-state index contributed by atoms with van der Waals surface area (Å²) in [5.41, 5.74) is 16.9. The molecule has 3 aromatic heterocycles. The van der Waals surface area contributed by atoms with Gasteiger partial charge < -0.3 is 14.5 Å². The fourth-order valence-electron chi connectivity index (χ4n) is 9.70. The lowest BCUT2D eigenvalue weighted by atomic mass is 9.75. The zero-order chi connectivity index (χ0) is 46.4. The topological polar surface area (TPSA) is 46.4 Å². The van der Waals surface area contributed by atoms with Gasteiger partial charge in [-0.3, -0.25) is 9.55 Å². The van der Waals surface area contributed by atoms with Crippen LogP contribution in [-0.2, 0) is 21.7 Å². The number of rotatable bonds is 6. The van der Waals surface area contributed by atoms with Gasteiger partial charge in [-0.1, -0.05) is 119 Å². The predicted molar refractivity (Wildman–Crippen MR) is 275 cm³/mol. The number of aromatic nitrogens is 3. The van der Waals surface area contributed by atoms with Crippen molar-refractivity contribution < 1.29 is 4.74 Å². The van der Waals surface area contributed by atoms with Gasteiger partial charge in [0.2, 0.25) is 0 Å². The Morgan fingerprint density at radius 2 is 1.17 bits per heavy atom. The molecule has 0 spiro atoms. The van der Waals surface area contributed by atoms with Crippen molar-refractivity contribution in [2.75, 3.05) is 16.5 Å². The molecule has 6 nitrogen and oxygen atoms in total. The lowest BCUT2D eigenvalue weighted by molar-refractivity contribution is 0.483. The standard InChI is InChI=1S/C59H65N5O/c1-37-28-41(57(6,7)8)29-38(2)54(37)39-30-47(58(9,10)11)55(48(31-39)59(12,13)14)63-36-62(50-25-26-60-35-52(50)63)42-18-17-19-43(33-42)65-44-22-23-46-45-20-15-16-21-49(45)64(51(46)34-44)53-32-40(24-27-61-53)56(3,4)5/h15-35H,36H2,1-14H3. The van der Waals surface area contributed by atoms with E-state index in [9.17, 15) is 0 Å². The van der Waals surface area contributed by atoms with Gasteiger partial charge in [0.15, 0.2) is 0 Å². The van der Waals surface area contributed by atoms with Crippen LogP contribution in [0.25, 0.3) is 38.8 Å². The van der Waals surface area contributed by atoms with Crippen molar-refractivity contribution >= 4 is 44.6 Å². The van der Waals surface area contributed by atoms with Crippen LogP contribution in [0.15, 0.2) is 128 Å². The van der Waals surface area contributed by atoms with Crippen molar-refractivity contribution in [2.45, 2.75) is 119 Å². The summed E-state index contributed by atoms with van der Waals surface area (Å²) >= 11 is 0. The zero-order valence-corrected chi connectivity index (χ0v) is 41.0. The molecule has 9 rings (SSSR count). The number of benzene rings is 5. The Morgan fingerprint density at radius 1 is 0.523 bits per heavy atom. The van der Waals surface area contributed by atoms with Gasteiger partial charge in [0.05, 0.1) is 34.3 Å². The Bertz CT molecular complexity index is 3070. The van der Waals surface area contributed by atoms with Crippen molar-refractivity contribution in [1.82, 2.24) is 14.5 Å². The maximum Gasteiger partial charge on any atom is 0.137 e. The van der Waals surface area contributed by atoms with Gasteiger partial charge in [0.1, 0.15) is 24.0 Å². The number of hydrogen-bond donors (Lipinski definition) is 0. The summed E-state index contributed by atoms with van der Waals surface area (Å²) in [6.45, 7) is 32.9. The van der Waals surface area contributed by atoms with Crippen molar-refractivity contribution in [1.29, 1.82) is 0 Å². The second kappa shape index (κ2) is 15.6. The van der Waals surface area contributed by atoms with Crippen LogP contribution < -0.4 is 14.5 Å². The average molecular weight is 860 g/mol.